The van der Waals surface area contributed by atoms with Crippen LogP contribution in [0.15, 0.2) is 18.2 Å². The van der Waals surface area contributed by atoms with Crippen LogP contribution in [-0.2, 0) is 0 Å². The average Bonchev–Trinajstić information content (AvgIpc) is 2.02. The van der Waals surface area contributed by atoms with E-state index < -0.39 is 0 Å². The van der Waals surface area contributed by atoms with E-state index in [1.54, 1.807) is 18.2 Å². The molecule has 0 radical (unpaired) electrons. The lowest BCUT2D eigenvalue weighted by Crippen LogP contribution is -2.04. The van der Waals surface area contributed by atoms with Gasteiger partial charge >= 0.3 is 0 Å². The van der Waals surface area contributed by atoms with E-state index in [9.17, 15) is 4.79 Å². The molecule has 0 saturated heterocycles. The van der Waals surface area contributed by atoms with Gasteiger partial charge < -0.3 is 5.73 Å². The minimum atomic E-state index is -0.0220. The monoisotopic (exact) mass is 306 g/mol. The van der Waals surface area contributed by atoms with Gasteiger partial charge in [0.15, 0.2) is 5.78 Å². The normalized spacial score (nSPS) is 9.77. The molecule has 0 heterocycles. The van der Waals surface area contributed by atoms with Gasteiger partial charge in [-0.15, -0.1) is 0 Å². The number of hydrogen-bond acceptors (Lipinski definition) is 3. The molecule has 1 rings (SSSR count). The van der Waals surface area contributed by atoms with Crippen molar-refractivity contribution >= 4 is 49.5 Å². The molecule has 13 heavy (non-hydrogen) atoms. The predicted octanol–water partition coefficient (Wildman–Crippen LogP) is 2.90. The van der Waals surface area contributed by atoms with E-state index in [2.05, 4.69) is 32.3 Å². The largest absolute Gasteiger partial charge is 0.397 e. The highest BCUT2D eigenvalue weighted by Gasteiger charge is 2.13. The van der Waals surface area contributed by atoms with Crippen molar-refractivity contribution < 1.29 is 4.79 Å². The predicted molar refractivity (Wildman–Crippen MR) is 61.2 cm³/mol. The minimum absolute atomic E-state index is 0.0220. The number of halogens is 2. The molecule has 0 aromatic heterocycles. The quantitative estimate of drug-likeness (QED) is 0.519. The fourth-order valence-corrected chi connectivity index (χ4v) is 1.83. The summed E-state index contributed by atoms with van der Waals surface area (Å²) >= 11 is 6.34. The van der Waals surface area contributed by atoms with Gasteiger partial charge in [-0.1, -0.05) is 6.07 Å². The van der Waals surface area contributed by atoms with Gasteiger partial charge in [-0.3, -0.25) is 4.79 Å². The smallest absolute Gasteiger partial charge is 0.162 e. The summed E-state index contributed by atoms with van der Waals surface area (Å²) in [7, 11) is 0. The number of rotatable bonds is 2. The van der Waals surface area contributed by atoms with Crippen molar-refractivity contribution in [2.75, 3.05) is 8.69 Å². The number of anilines is 2. The van der Waals surface area contributed by atoms with Crippen LogP contribution in [0.1, 0.15) is 17.3 Å². The molecule has 0 fully saturated rings. The third-order valence-corrected chi connectivity index (χ3v) is 2.32. The average molecular weight is 308 g/mol. The Hall–Kier alpha value is -0.550. The zero-order valence-corrected chi connectivity index (χ0v) is 10.1. The Balaban J connectivity index is 3.34. The summed E-state index contributed by atoms with van der Waals surface area (Å²) in [4.78, 5) is 11.2. The van der Waals surface area contributed by atoms with Crippen LogP contribution < -0.4 is 8.69 Å². The Kier molecular flexibility index (Phi) is 3.33. The van der Waals surface area contributed by atoms with Crippen LogP contribution in [0.3, 0.4) is 0 Å². The summed E-state index contributed by atoms with van der Waals surface area (Å²) < 4.78 is 1.48. The van der Waals surface area contributed by atoms with Gasteiger partial charge in [-0.2, -0.15) is 0 Å². The Morgan fingerprint density at radius 2 is 2.08 bits per heavy atom. The molecule has 3 nitrogen and oxygen atoms in total. The van der Waals surface area contributed by atoms with E-state index >= 15 is 0 Å². The SMILES string of the molecule is CC(=O)c1cccc(N)c1N(Br)Br. The molecule has 0 unspecified atom stereocenters. The van der Waals surface area contributed by atoms with Crippen LogP contribution in [0.2, 0.25) is 0 Å². The maximum absolute atomic E-state index is 11.2. The number of nitrogen functional groups attached to an aromatic ring is 1. The van der Waals surface area contributed by atoms with Crippen molar-refractivity contribution in [3.8, 4) is 0 Å². The number of carbonyl (C=O) groups excluding carboxylic acids is 1. The van der Waals surface area contributed by atoms with Crippen molar-refractivity contribution in [2.24, 2.45) is 0 Å². The second kappa shape index (κ2) is 4.11. The number of ketones is 1. The maximum Gasteiger partial charge on any atom is 0.162 e. The number of nitrogens with two attached hydrogens (primary N) is 1. The first-order valence-corrected chi connectivity index (χ1v) is 4.97. The molecule has 0 aliphatic rings. The van der Waals surface area contributed by atoms with Gasteiger partial charge in [0.05, 0.1) is 43.7 Å². The molecule has 1 aromatic carbocycles. The summed E-state index contributed by atoms with van der Waals surface area (Å²) in [5.41, 5.74) is 7.46. The van der Waals surface area contributed by atoms with E-state index in [4.69, 9.17) is 5.73 Å². The van der Waals surface area contributed by atoms with Crippen molar-refractivity contribution in [3.05, 3.63) is 23.8 Å². The van der Waals surface area contributed by atoms with Gasteiger partial charge in [-0.25, -0.2) is 2.95 Å². The summed E-state index contributed by atoms with van der Waals surface area (Å²) in [5.74, 6) is -0.0220. The molecule has 5 heteroatoms. The second-order valence-electron chi connectivity index (χ2n) is 2.53. The summed E-state index contributed by atoms with van der Waals surface area (Å²) in [6.45, 7) is 1.50. The Morgan fingerprint density at radius 1 is 1.46 bits per heavy atom. The van der Waals surface area contributed by atoms with Gasteiger partial charge in [0, 0.05) is 5.56 Å². The standard InChI is InChI=1S/C8H8Br2N2O/c1-5(13)6-3-2-4-7(11)8(6)12(9)10/h2-4H,11H2,1H3. The summed E-state index contributed by atoms with van der Waals surface area (Å²) in [6, 6.07) is 5.21. The number of Topliss-reactive ketones (excluding diaryl/α,β-unsaturated/α-hetero) is 1. The number of nitrogens with zero attached hydrogens (tertiary/aromatic N) is 1. The first kappa shape index (κ1) is 10.5. The molecule has 0 spiro atoms. The van der Waals surface area contributed by atoms with Crippen LogP contribution >= 0.6 is 32.3 Å². The van der Waals surface area contributed by atoms with Crippen LogP contribution in [0.25, 0.3) is 0 Å². The molecular weight excluding hydrogens is 300 g/mol. The molecular formula is C8H8Br2N2O. The van der Waals surface area contributed by atoms with Crippen LogP contribution in [-0.4, -0.2) is 5.78 Å². The molecule has 0 aliphatic carbocycles. The lowest BCUT2D eigenvalue weighted by molar-refractivity contribution is 0.101. The minimum Gasteiger partial charge on any atom is -0.397 e. The number of para-hydroxylation sites is 1. The molecule has 0 bridgehead atoms. The van der Waals surface area contributed by atoms with Gasteiger partial charge in [0.2, 0.25) is 0 Å². The van der Waals surface area contributed by atoms with Crippen LogP contribution in [0.5, 0.6) is 0 Å². The molecule has 0 saturated carbocycles. The van der Waals surface area contributed by atoms with E-state index in [1.807, 2.05) is 0 Å². The Labute approximate surface area is 93.6 Å². The van der Waals surface area contributed by atoms with E-state index in [1.165, 1.54) is 9.88 Å². The van der Waals surface area contributed by atoms with Gasteiger partial charge in [0.25, 0.3) is 0 Å². The molecule has 70 valence electrons. The lowest BCUT2D eigenvalue weighted by atomic mass is 10.1. The van der Waals surface area contributed by atoms with Crippen LogP contribution in [0.4, 0.5) is 11.4 Å². The van der Waals surface area contributed by atoms with Crippen molar-refractivity contribution in [2.45, 2.75) is 6.92 Å². The molecule has 0 amide bonds. The first-order valence-electron chi connectivity index (χ1n) is 3.55. The molecule has 0 atom stereocenters. The maximum atomic E-state index is 11.2. The highest BCUT2D eigenvalue weighted by molar-refractivity contribution is 9.25. The number of hydrogen-bond donors (Lipinski definition) is 1. The fourth-order valence-electron chi connectivity index (χ4n) is 1.03. The first-order chi connectivity index (χ1) is 6.04. The molecule has 1 aromatic rings. The van der Waals surface area contributed by atoms with Gasteiger partial charge in [-0.05, 0) is 19.1 Å². The Morgan fingerprint density at radius 3 is 2.46 bits per heavy atom. The highest BCUT2D eigenvalue weighted by atomic mass is 79.9. The molecule has 0 aliphatic heterocycles. The van der Waals surface area contributed by atoms with Gasteiger partial charge in [0.1, 0.15) is 0 Å². The van der Waals surface area contributed by atoms with Crippen molar-refractivity contribution in [1.29, 1.82) is 0 Å². The number of carbonyl (C=O) groups is 1. The fraction of sp³-hybridized carbons (Fsp3) is 0.125. The zero-order valence-electron chi connectivity index (χ0n) is 6.92. The van der Waals surface area contributed by atoms with E-state index in [0.29, 0.717) is 16.9 Å². The molecule has 2 N–H and O–H groups in total. The topological polar surface area (TPSA) is 46.3 Å². The summed E-state index contributed by atoms with van der Waals surface area (Å²) in [6.07, 6.45) is 0. The number of benzene rings is 1. The summed E-state index contributed by atoms with van der Waals surface area (Å²) in [5, 5.41) is 0. The van der Waals surface area contributed by atoms with Crippen molar-refractivity contribution in [1.82, 2.24) is 0 Å². The second-order valence-corrected chi connectivity index (χ2v) is 4.90. The van der Waals surface area contributed by atoms with Crippen LogP contribution in [0, 0.1) is 0 Å². The third kappa shape index (κ3) is 2.22. The van der Waals surface area contributed by atoms with E-state index in [-0.39, 0.29) is 5.78 Å². The Bertz CT molecular complexity index is 339. The van der Waals surface area contributed by atoms with E-state index in [0.717, 1.165) is 0 Å². The third-order valence-electron chi connectivity index (χ3n) is 1.62. The van der Waals surface area contributed by atoms with Crippen molar-refractivity contribution in [3.63, 3.8) is 0 Å². The zero-order chi connectivity index (χ0) is 10.0. The highest BCUT2D eigenvalue weighted by Crippen LogP contribution is 2.32. The lowest BCUT2D eigenvalue weighted by Gasteiger charge is -2.13.